The van der Waals surface area contributed by atoms with Crippen LogP contribution in [0.1, 0.15) is 20.8 Å². The highest BCUT2D eigenvalue weighted by Gasteiger charge is 2.33. The summed E-state index contributed by atoms with van der Waals surface area (Å²) in [4.78, 5) is 14.0. The van der Waals surface area contributed by atoms with Crippen molar-refractivity contribution in [3.63, 3.8) is 0 Å². The number of fused-ring (bicyclic) bond motifs is 1. The van der Waals surface area contributed by atoms with Gasteiger partial charge in [-0.1, -0.05) is 0 Å². The van der Waals surface area contributed by atoms with Gasteiger partial charge in [0, 0.05) is 30.4 Å². The molecule has 2 aromatic heterocycles. The number of pyridine rings is 1. The van der Waals surface area contributed by atoms with Crippen molar-refractivity contribution >= 4 is 33.2 Å². The van der Waals surface area contributed by atoms with Crippen molar-refractivity contribution in [2.45, 2.75) is 37.4 Å². The average Bonchev–Trinajstić information content (AvgIpc) is 2.93. The molecule has 3 rings (SSSR count). The molecule has 1 atom stereocenters. The number of aromatic nitrogens is 2. The number of hydrogen-bond donors (Lipinski definition) is 2. The fraction of sp³-hybridized carbons (Fsp3) is 0.375. The lowest BCUT2D eigenvalue weighted by atomic mass is 10.0. The van der Waals surface area contributed by atoms with Crippen LogP contribution in [0.25, 0.3) is 0 Å². The number of nitrogens with one attached hydrogen (secondary N) is 2. The van der Waals surface area contributed by atoms with E-state index < -0.39 is 9.84 Å². The van der Waals surface area contributed by atoms with Crippen LogP contribution in [0.5, 0.6) is 0 Å². The van der Waals surface area contributed by atoms with Gasteiger partial charge in [0.2, 0.25) is 0 Å². The van der Waals surface area contributed by atoms with E-state index in [2.05, 4.69) is 45.9 Å². The number of aromatic amines is 1. The van der Waals surface area contributed by atoms with Crippen LogP contribution in [-0.4, -0.2) is 42.6 Å². The lowest BCUT2D eigenvalue weighted by molar-refractivity contribution is 0.494. The highest BCUT2D eigenvalue weighted by atomic mass is 32.2. The molecule has 0 radical (unpaired) electrons. The molecule has 0 aliphatic carbocycles. The summed E-state index contributed by atoms with van der Waals surface area (Å²) >= 11 is 0. The van der Waals surface area contributed by atoms with Crippen molar-refractivity contribution in [3.05, 3.63) is 30.7 Å². The Morgan fingerprint density at radius 3 is 2.71 bits per heavy atom. The maximum absolute atomic E-state index is 11.7. The molecule has 0 saturated heterocycles. The maximum Gasteiger partial charge on any atom is 0.177 e. The van der Waals surface area contributed by atoms with Crippen molar-refractivity contribution in [3.8, 4) is 0 Å². The Balaban J connectivity index is 1.95. The summed E-state index contributed by atoms with van der Waals surface area (Å²) in [6.07, 6.45) is 7.57. The first-order chi connectivity index (χ1) is 11.2. The third-order valence-electron chi connectivity index (χ3n) is 3.76. The molecule has 24 heavy (non-hydrogen) atoms. The van der Waals surface area contributed by atoms with Gasteiger partial charge in [0.05, 0.1) is 22.5 Å². The van der Waals surface area contributed by atoms with Gasteiger partial charge in [-0.05, 0) is 32.9 Å². The zero-order valence-electron chi connectivity index (χ0n) is 14.1. The zero-order valence-corrected chi connectivity index (χ0v) is 14.9. The Bertz CT molecular complexity index is 880. The van der Waals surface area contributed by atoms with Gasteiger partial charge in [-0.2, -0.15) is 0 Å². The van der Waals surface area contributed by atoms with E-state index >= 15 is 0 Å². The number of rotatable bonds is 3. The number of hydrogen-bond acceptors (Lipinski definition) is 6. The fourth-order valence-corrected chi connectivity index (χ4v) is 3.36. The first-order valence-electron chi connectivity index (χ1n) is 7.59. The standard InChI is InChI=1S/C16H21N5O2S/c1-16(2,3)21-13-5-6-18-15(13)19-10-14(21)20-11-7-12(9-17-8-11)24(4,22)23/h5-10,14,18,20H,1-4H3. The number of anilines is 2. The minimum atomic E-state index is -3.30. The molecular formula is C16H21N5O2S. The summed E-state index contributed by atoms with van der Waals surface area (Å²) in [5.74, 6) is 0.811. The summed E-state index contributed by atoms with van der Waals surface area (Å²) in [6.45, 7) is 6.34. The normalized spacial score (nSPS) is 17.7. The molecule has 0 spiro atoms. The number of nitrogens with zero attached hydrogens (tertiary/aromatic N) is 3. The molecule has 0 saturated carbocycles. The van der Waals surface area contributed by atoms with E-state index in [4.69, 9.17) is 0 Å². The zero-order chi connectivity index (χ0) is 17.5. The lowest BCUT2D eigenvalue weighted by Crippen LogP contribution is -2.53. The second kappa shape index (κ2) is 5.62. The molecule has 1 unspecified atom stereocenters. The summed E-state index contributed by atoms with van der Waals surface area (Å²) in [6, 6.07) is 3.57. The van der Waals surface area contributed by atoms with Gasteiger partial charge in [0.15, 0.2) is 15.7 Å². The Hall–Kier alpha value is -2.35. The van der Waals surface area contributed by atoms with Crippen LogP contribution in [-0.2, 0) is 9.84 Å². The van der Waals surface area contributed by atoms with Gasteiger partial charge in [-0.15, -0.1) is 0 Å². The largest absolute Gasteiger partial charge is 0.359 e. The fourth-order valence-electron chi connectivity index (χ4n) is 2.76. The quantitative estimate of drug-likeness (QED) is 0.890. The Morgan fingerprint density at radius 1 is 1.29 bits per heavy atom. The van der Waals surface area contributed by atoms with E-state index in [0.717, 1.165) is 11.5 Å². The molecule has 2 N–H and O–H groups in total. The van der Waals surface area contributed by atoms with Crippen LogP contribution in [0.2, 0.25) is 0 Å². The van der Waals surface area contributed by atoms with E-state index in [1.807, 2.05) is 12.3 Å². The third kappa shape index (κ3) is 3.14. The van der Waals surface area contributed by atoms with Crippen LogP contribution in [0.3, 0.4) is 0 Å². The van der Waals surface area contributed by atoms with Crippen LogP contribution in [0, 0.1) is 0 Å². The van der Waals surface area contributed by atoms with E-state index in [1.165, 1.54) is 12.5 Å². The number of aliphatic imine (C=N–C) groups is 1. The SMILES string of the molecule is CC(C)(C)N1c2cc[nH]c2N=CC1Nc1cncc(S(C)(=O)=O)c1. The molecule has 0 aromatic carbocycles. The smallest absolute Gasteiger partial charge is 0.177 e. The van der Waals surface area contributed by atoms with Crippen molar-refractivity contribution in [1.82, 2.24) is 9.97 Å². The van der Waals surface area contributed by atoms with Gasteiger partial charge in [0.25, 0.3) is 0 Å². The Morgan fingerprint density at radius 2 is 2.04 bits per heavy atom. The first kappa shape index (κ1) is 16.5. The van der Waals surface area contributed by atoms with Crippen molar-refractivity contribution in [1.29, 1.82) is 0 Å². The first-order valence-corrected chi connectivity index (χ1v) is 9.48. The van der Waals surface area contributed by atoms with Crippen molar-refractivity contribution in [2.24, 2.45) is 4.99 Å². The van der Waals surface area contributed by atoms with Crippen LogP contribution < -0.4 is 10.2 Å². The molecule has 2 aromatic rings. The molecule has 3 heterocycles. The van der Waals surface area contributed by atoms with E-state index in [9.17, 15) is 8.42 Å². The summed E-state index contributed by atoms with van der Waals surface area (Å²) in [5.41, 5.74) is 1.46. The van der Waals surface area contributed by atoms with Crippen LogP contribution >= 0.6 is 0 Å². The molecule has 0 amide bonds. The van der Waals surface area contributed by atoms with Gasteiger partial charge in [-0.3, -0.25) is 4.98 Å². The molecular weight excluding hydrogens is 326 g/mol. The van der Waals surface area contributed by atoms with E-state index in [0.29, 0.717) is 5.69 Å². The van der Waals surface area contributed by atoms with Crippen molar-refractivity contribution < 1.29 is 8.42 Å². The van der Waals surface area contributed by atoms with Gasteiger partial charge >= 0.3 is 0 Å². The second-order valence-corrected chi connectivity index (χ2v) is 8.82. The second-order valence-electron chi connectivity index (χ2n) is 6.80. The van der Waals surface area contributed by atoms with Crippen LogP contribution in [0.4, 0.5) is 17.2 Å². The van der Waals surface area contributed by atoms with Gasteiger partial charge in [-0.25, -0.2) is 13.4 Å². The van der Waals surface area contributed by atoms with Crippen molar-refractivity contribution in [2.75, 3.05) is 16.5 Å². The number of sulfone groups is 1. The Kier molecular flexibility index (Phi) is 3.87. The summed E-state index contributed by atoms with van der Waals surface area (Å²) in [5, 5.41) is 3.32. The number of H-pyrrole nitrogens is 1. The predicted molar refractivity (Wildman–Crippen MR) is 95.9 cm³/mol. The molecule has 0 fully saturated rings. The highest BCUT2D eigenvalue weighted by molar-refractivity contribution is 7.90. The Labute approximate surface area is 141 Å². The molecule has 128 valence electrons. The summed E-state index contributed by atoms with van der Waals surface area (Å²) < 4.78 is 23.4. The minimum Gasteiger partial charge on any atom is -0.359 e. The molecule has 1 aliphatic heterocycles. The van der Waals surface area contributed by atoms with Gasteiger partial charge < -0.3 is 15.2 Å². The lowest BCUT2D eigenvalue weighted by Gasteiger charge is -2.43. The maximum atomic E-state index is 11.7. The molecule has 7 nitrogen and oxygen atoms in total. The topological polar surface area (TPSA) is 90.4 Å². The van der Waals surface area contributed by atoms with E-state index in [1.54, 1.807) is 18.5 Å². The highest BCUT2D eigenvalue weighted by Crippen LogP contribution is 2.36. The average molecular weight is 347 g/mol. The monoisotopic (exact) mass is 347 g/mol. The summed E-state index contributed by atoms with van der Waals surface area (Å²) in [7, 11) is -3.30. The predicted octanol–water partition coefficient (Wildman–Crippen LogP) is 2.57. The third-order valence-corrected chi connectivity index (χ3v) is 4.84. The van der Waals surface area contributed by atoms with Crippen LogP contribution in [0.15, 0.2) is 40.6 Å². The van der Waals surface area contributed by atoms with Gasteiger partial charge in [0.1, 0.15) is 6.17 Å². The molecule has 1 aliphatic rings. The van der Waals surface area contributed by atoms with E-state index in [-0.39, 0.29) is 16.6 Å². The minimum absolute atomic E-state index is 0.164. The molecule has 0 bridgehead atoms. The molecule has 8 heteroatoms.